The predicted octanol–water partition coefficient (Wildman–Crippen LogP) is 2.89. The summed E-state index contributed by atoms with van der Waals surface area (Å²) in [6.45, 7) is 3.58. The smallest absolute Gasteiger partial charge is 0.425 e. The van der Waals surface area contributed by atoms with E-state index in [-0.39, 0.29) is 0 Å². The number of carbonyl (C=O) groups is 1. The van der Waals surface area contributed by atoms with Crippen LogP contribution in [0.1, 0.15) is 12.5 Å². The summed E-state index contributed by atoms with van der Waals surface area (Å²) in [5.74, 6) is 0. The number of nitrogens with zero attached hydrogens (tertiary/aromatic N) is 2. The van der Waals surface area contributed by atoms with Crippen LogP contribution in [0.4, 0.5) is 18.0 Å². The molecule has 1 amide bonds. The number of alkyl halides is 3. The largest absolute Gasteiger partial charge is 0.437 e. The molecule has 0 aliphatic carbocycles. The highest BCUT2D eigenvalue weighted by Crippen LogP contribution is 2.23. The van der Waals surface area contributed by atoms with Gasteiger partial charge in [-0.1, -0.05) is 30.3 Å². The molecule has 0 spiro atoms. The van der Waals surface area contributed by atoms with Crippen LogP contribution in [0.2, 0.25) is 0 Å². The van der Waals surface area contributed by atoms with Gasteiger partial charge in [0.25, 0.3) is 0 Å². The number of rotatable bonds is 3. The zero-order valence-corrected chi connectivity index (χ0v) is 12.3. The Balaban J connectivity index is 1.78. The number of ether oxygens (including phenoxy) is 1. The van der Waals surface area contributed by atoms with Crippen molar-refractivity contribution in [1.29, 1.82) is 0 Å². The molecule has 1 heterocycles. The second-order valence-electron chi connectivity index (χ2n) is 5.32. The minimum Gasteiger partial charge on any atom is -0.437 e. The van der Waals surface area contributed by atoms with E-state index in [2.05, 4.69) is 9.64 Å². The van der Waals surface area contributed by atoms with Gasteiger partial charge < -0.3 is 9.64 Å². The first-order valence-electron chi connectivity index (χ1n) is 7.15. The average Bonchev–Trinajstić information content (AvgIpc) is 2.48. The molecule has 0 N–H and O–H groups in total. The summed E-state index contributed by atoms with van der Waals surface area (Å²) in [7, 11) is 0. The number of hydrogen-bond acceptors (Lipinski definition) is 3. The van der Waals surface area contributed by atoms with Crippen LogP contribution in [0.5, 0.6) is 0 Å². The van der Waals surface area contributed by atoms with E-state index in [1.54, 1.807) is 0 Å². The second kappa shape index (κ2) is 7.00. The molecule has 0 radical (unpaired) electrons. The van der Waals surface area contributed by atoms with E-state index in [1.807, 2.05) is 30.3 Å². The van der Waals surface area contributed by atoms with Crippen LogP contribution in [0.25, 0.3) is 0 Å². The fraction of sp³-hybridized carbons (Fsp3) is 0.533. The van der Waals surface area contributed by atoms with Crippen molar-refractivity contribution in [3.63, 3.8) is 0 Å². The Labute approximate surface area is 127 Å². The van der Waals surface area contributed by atoms with E-state index in [1.165, 1.54) is 10.5 Å². The van der Waals surface area contributed by atoms with Gasteiger partial charge in [0.1, 0.15) is 0 Å². The summed E-state index contributed by atoms with van der Waals surface area (Å²) in [5, 5.41) is 0. The maximum absolute atomic E-state index is 12.4. The topological polar surface area (TPSA) is 32.8 Å². The van der Waals surface area contributed by atoms with Gasteiger partial charge in [-0.25, -0.2) is 4.79 Å². The number of carbonyl (C=O) groups excluding carboxylic acids is 1. The molecule has 22 heavy (non-hydrogen) atoms. The van der Waals surface area contributed by atoms with E-state index in [4.69, 9.17) is 0 Å². The fourth-order valence-corrected chi connectivity index (χ4v) is 2.22. The van der Waals surface area contributed by atoms with Gasteiger partial charge in [-0.05, 0) is 12.5 Å². The lowest BCUT2D eigenvalue weighted by atomic mass is 10.2. The van der Waals surface area contributed by atoms with E-state index in [0.717, 1.165) is 13.5 Å². The van der Waals surface area contributed by atoms with Crippen molar-refractivity contribution in [3.8, 4) is 0 Å². The third-order valence-corrected chi connectivity index (χ3v) is 3.62. The lowest BCUT2D eigenvalue weighted by Gasteiger charge is -2.34. The Morgan fingerprint density at radius 3 is 2.32 bits per heavy atom. The van der Waals surface area contributed by atoms with Crippen LogP contribution >= 0.6 is 0 Å². The molecule has 2 rings (SSSR count). The summed E-state index contributed by atoms with van der Waals surface area (Å²) in [4.78, 5) is 15.2. The molecule has 0 saturated carbocycles. The zero-order valence-electron chi connectivity index (χ0n) is 12.3. The van der Waals surface area contributed by atoms with Gasteiger partial charge in [0.05, 0.1) is 0 Å². The standard InChI is InChI=1S/C15H19F3N2O2/c1-12(15(16,17)18)22-14(21)20-9-7-19(8-10-20)11-13-5-3-2-4-6-13/h2-6,12H,7-11H2,1H3. The zero-order chi connectivity index (χ0) is 16.2. The Hall–Kier alpha value is -1.76. The van der Waals surface area contributed by atoms with E-state index >= 15 is 0 Å². The average molecular weight is 316 g/mol. The summed E-state index contributed by atoms with van der Waals surface area (Å²) in [5.41, 5.74) is 1.17. The third kappa shape index (κ3) is 4.62. The first-order valence-corrected chi connectivity index (χ1v) is 7.15. The highest BCUT2D eigenvalue weighted by molar-refractivity contribution is 5.68. The Kier molecular flexibility index (Phi) is 5.28. The molecule has 1 saturated heterocycles. The number of hydrogen-bond donors (Lipinski definition) is 0. The number of amides is 1. The summed E-state index contributed by atoms with van der Waals surface area (Å²) in [6, 6.07) is 9.90. The highest BCUT2D eigenvalue weighted by Gasteiger charge is 2.40. The maximum atomic E-state index is 12.4. The van der Waals surface area contributed by atoms with Crippen molar-refractivity contribution in [2.75, 3.05) is 26.2 Å². The van der Waals surface area contributed by atoms with Crippen LogP contribution < -0.4 is 0 Å². The Morgan fingerprint density at radius 1 is 1.18 bits per heavy atom. The molecular formula is C15H19F3N2O2. The third-order valence-electron chi connectivity index (χ3n) is 3.62. The first kappa shape index (κ1) is 16.6. The molecular weight excluding hydrogens is 297 g/mol. The van der Waals surface area contributed by atoms with Gasteiger partial charge in [0.2, 0.25) is 0 Å². The summed E-state index contributed by atoms with van der Waals surface area (Å²) in [6.07, 6.45) is -7.50. The van der Waals surface area contributed by atoms with Gasteiger partial charge in [-0.15, -0.1) is 0 Å². The number of benzene rings is 1. The van der Waals surface area contributed by atoms with Crippen LogP contribution in [-0.2, 0) is 11.3 Å². The molecule has 122 valence electrons. The minimum absolute atomic E-state index is 0.371. The molecule has 0 aromatic heterocycles. The molecule has 1 aromatic rings. The molecule has 7 heteroatoms. The van der Waals surface area contributed by atoms with Gasteiger partial charge in [0.15, 0.2) is 6.10 Å². The van der Waals surface area contributed by atoms with E-state index < -0.39 is 18.4 Å². The van der Waals surface area contributed by atoms with Crippen molar-refractivity contribution < 1.29 is 22.7 Å². The van der Waals surface area contributed by atoms with Crippen molar-refractivity contribution in [2.24, 2.45) is 0 Å². The molecule has 0 bridgehead atoms. The lowest BCUT2D eigenvalue weighted by molar-refractivity contribution is -0.200. The monoisotopic (exact) mass is 316 g/mol. The normalized spacial score (nSPS) is 18.1. The van der Waals surface area contributed by atoms with Crippen LogP contribution in [0.15, 0.2) is 30.3 Å². The predicted molar refractivity (Wildman–Crippen MR) is 75.3 cm³/mol. The molecule has 1 aromatic carbocycles. The highest BCUT2D eigenvalue weighted by atomic mass is 19.4. The van der Waals surface area contributed by atoms with Crippen molar-refractivity contribution >= 4 is 6.09 Å². The maximum Gasteiger partial charge on any atom is 0.425 e. The Bertz CT molecular complexity index is 485. The van der Waals surface area contributed by atoms with Crippen LogP contribution in [0.3, 0.4) is 0 Å². The van der Waals surface area contributed by atoms with E-state index in [9.17, 15) is 18.0 Å². The fourth-order valence-electron chi connectivity index (χ4n) is 2.22. The number of piperazine rings is 1. The SMILES string of the molecule is CC(OC(=O)N1CCN(Cc2ccccc2)CC1)C(F)(F)F. The van der Waals surface area contributed by atoms with Gasteiger partial charge >= 0.3 is 12.3 Å². The van der Waals surface area contributed by atoms with Crippen molar-refractivity contribution in [2.45, 2.75) is 25.7 Å². The minimum atomic E-state index is -4.52. The molecule has 1 fully saturated rings. The molecule has 4 nitrogen and oxygen atoms in total. The Morgan fingerprint density at radius 2 is 1.77 bits per heavy atom. The molecule has 1 aliphatic heterocycles. The molecule has 1 aliphatic rings. The van der Waals surface area contributed by atoms with Crippen LogP contribution in [-0.4, -0.2) is 54.4 Å². The summed E-state index contributed by atoms with van der Waals surface area (Å²) >= 11 is 0. The van der Waals surface area contributed by atoms with Gasteiger partial charge in [-0.3, -0.25) is 4.90 Å². The molecule has 1 atom stereocenters. The quantitative estimate of drug-likeness (QED) is 0.859. The number of halogens is 3. The van der Waals surface area contributed by atoms with Crippen molar-refractivity contribution in [3.05, 3.63) is 35.9 Å². The lowest BCUT2D eigenvalue weighted by Crippen LogP contribution is -2.49. The second-order valence-corrected chi connectivity index (χ2v) is 5.32. The van der Waals surface area contributed by atoms with Gasteiger partial charge in [-0.2, -0.15) is 13.2 Å². The van der Waals surface area contributed by atoms with Crippen molar-refractivity contribution in [1.82, 2.24) is 9.80 Å². The molecule has 1 unspecified atom stereocenters. The first-order chi connectivity index (χ1) is 10.4. The van der Waals surface area contributed by atoms with E-state index in [0.29, 0.717) is 26.2 Å². The summed E-state index contributed by atoms with van der Waals surface area (Å²) < 4.78 is 41.6. The van der Waals surface area contributed by atoms with Crippen LogP contribution in [0, 0.1) is 0 Å². The van der Waals surface area contributed by atoms with Gasteiger partial charge in [0, 0.05) is 32.7 Å².